The Labute approximate surface area is 161 Å². The molecule has 1 aliphatic heterocycles. The van der Waals surface area contributed by atoms with Gasteiger partial charge in [0.1, 0.15) is 0 Å². The van der Waals surface area contributed by atoms with E-state index in [1.54, 1.807) is 6.07 Å². The molecule has 1 aliphatic rings. The van der Waals surface area contributed by atoms with Crippen molar-refractivity contribution in [2.45, 2.75) is 26.2 Å². The number of anilines is 3. The number of nitrogens with one attached hydrogen (secondary N) is 1. The monoisotopic (exact) mass is 381 g/mol. The van der Waals surface area contributed by atoms with Gasteiger partial charge in [-0.1, -0.05) is 18.2 Å². The van der Waals surface area contributed by atoms with Crippen LogP contribution in [0.4, 0.5) is 17.1 Å². The summed E-state index contributed by atoms with van der Waals surface area (Å²) in [6, 6.07) is 13.4. The maximum atomic E-state index is 12.6. The summed E-state index contributed by atoms with van der Waals surface area (Å²) in [5.41, 5.74) is 9.93. The molecule has 1 saturated heterocycles. The molecule has 6 heteroatoms. The zero-order chi connectivity index (χ0) is 16.2. The molecule has 0 atom stereocenters. The fraction of sp³-hybridized carbons (Fsp3) is 0.316. The van der Waals surface area contributed by atoms with E-state index in [1.165, 1.54) is 19.3 Å². The summed E-state index contributed by atoms with van der Waals surface area (Å²) in [4.78, 5) is 15.0. The van der Waals surface area contributed by atoms with Crippen LogP contribution in [-0.2, 0) is 0 Å². The maximum Gasteiger partial charge on any atom is 0.256 e. The van der Waals surface area contributed by atoms with Gasteiger partial charge in [0, 0.05) is 24.3 Å². The van der Waals surface area contributed by atoms with E-state index in [2.05, 4.69) is 16.3 Å². The molecule has 1 heterocycles. The molecule has 0 aliphatic carbocycles. The number of hydrogen-bond donors (Lipinski definition) is 2. The second-order valence-corrected chi connectivity index (χ2v) is 6.09. The summed E-state index contributed by atoms with van der Waals surface area (Å²) in [6.07, 6.45) is 3.70. The standard InChI is InChI=1S/C19H23N3O.2ClH/c1-14-9-10-15(20)13-16(14)19(23)21-17-7-3-4-8-18(17)22-11-5-2-6-12-22;;/h3-4,7-10,13H,2,5-6,11-12,20H2,1H3,(H,21,23);2*1H. The number of aryl methyl sites for hydroxylation is 1. The van der Waals surface area contributed by atoms with Crippen LogP contribution in [0.5, 0.6) is 0 Å². The normalized spacial score (nSPS) is 13.4. The third-order valence-corrected chi connectivity index (χ3v) is 4.36. The van der Waals surface area contributed by atoms with Gasteiger partial charge in [0.25, 0.3) is 5.91 Å². The van der Waals surface area contributed by atoms with Crippen LogP contribution >= 0.6 is 24.8 Å². The van der Waals surface area contributed by atoms with Gasteiger partial charge in [0.05, 0.1) is 11.4 Å². The van der Waals surface area contributed by atoms with Crippen molar-refractivity contribution in [3.8, 4) is 0 Å². The molecule has 136 valence electrons. The number of nitrogen functional groups attached to an aromatic ring is 1. The number of nitrogens with zero attached hydrogens (tertiary/aromatic N) is 1. The van der Waals surface area contributed by atoms with Crippen molar-refractivity contribution >= 4 is 47.8 Å². The van der Waals surface area contributed by atoms with E-state index in [-0.39, 0.29) is 30.7 Å². The number of piperidine rings is 1. The number of hydrogen-bond acceptors (Lipinski definition) is 3. The highest BCUT2D eigenvalue weighted by molar-refractivity contribution is 6.07. The third-order valence-electron chi connectivity index (χ3n) is 4.36. The van der Waals surface area contributed by atoms with Gasteiger partial charge in [0.15, 0.2) is 0 Å². The lowest BCUT2D eigenvalue weighted by Gasteiger charge is -2.30. The van der Waals surface area contributed by atoms with Crippen LogP contribution < -0.4 is 16.0 Å². The van der Waals surface area contributed by atoms with Gasteiger partial charge in [-0.2, -0.15) is 0 Å². The van der Waals surface area contributed by atoms with Crippen molar-refractivity contribution in [2.75, 3.05) is 29.0 Å². The lowest BCUT2D eigenvalue weighted by molar-refractivity contribution is 0.102. The largest absolute Gasteiger partial charge is 0.399 e. The van der Waals surface area contributed by atoms with Gasteiger partial charge < -0.3 is 16.0 Å². The van der Waals surface area contributed by atoms with Crippen LogP contribution in [-0.4, -0.2) is 19.0 Å². The summed E-state index contributed by atoms with van der Waals surface area (Å²) < 4.78 is 0. The molecule has 1 fully saturated rings. The number of benzene rings is 2. The van der Waals surface area contributed by atoms with E-state index in [0.717, 1.165) is 30.0 Å². The average Bonchev–Trinajstić information content (AvgIpc) is 2.58. The van der Waals surface area contributed by atoms with Crippen LogP contribution in [0.25, 0.3) is 0 Å². The molecule has 0 bridgehead atoms. The second-order valence-electron chi connectivity index (χ2n) is 6.09. The van der Waals surface area contributed by atoms with Gasteiger partial charge in [-0.3, -0.25) is 4.79 Å². The number of rotatable bonds is 3. The molecule has 1 amide bonds. The average molecular weight is 382 g/mol. The lowest BCUT2D eigenvalue weighted by Crippen LogP contribution is -2.30. The minimum absolute atomic E-state index is 0. The predicted octanol–water partition coefficient (Wildman–Crippen LogP) is 4.66. The quantitative estimate of drug-likeness (QED) is 0.759. The Morgan fingerprint density at radius 2 is 1.72 bits per heavy atom. The third kappa shape index (κ3) is 5.03. The van der Waals surface area contributed by atoms with Crippen molar-refractivity contribution in [2.24, 2.45) is 0 Å². The van der Waals surface area contributed by atoms with Crippen LogP contribution in [0.3, 0.4) is 0 Å². The van der Waals surface area contributed by atoms with Gasteiger partial charge in [-0.05, 0) is 56.0 Å². The first-order valence-corrected chi connectivity index (χ1v) is 8.16. The Kier molecular flexibility index (Phi) is 8.07. The predicted molar refractivity (Wildman–Crippen MR) is 111 cm³/mol. The van der Waals surface area contributed by atoms with Crippen LogP contribution in [0.2, 0.25) is 0 Å². The maximum absolute atomic E-state index is 12.6. The van der Waals surface area contributed by atoms with E-state index >= 15 is 0 Å². The van der Waals surface area contributed by atoms with Gasteiger partial charge >= 0.3 is 0 Å². The molecule has 0 unspecified atom stereocenters. The number of para-hydroxylation sites is 2. The first kappa shape index (κ1) is 21.1. The smallest absolute Gasteiger partial charge is 0.256 e. The molecule has 0 saturated carbocycles. The first-order chi connectivity index (χ1) is 11.1. The molecule has 0 radical (unpaired) electrons. The Balaban J connectivity index is 0.00000156. The van der Waals surface area contributed by atoms with Crippen molar-refractivity contribution in [3.63, 3.8) is 0 Å². The fourth-order valence-electron chi connectivity index (χ4n) is 3.06. The van der Waals surface area contributed by atoms with Crippen LogP contribution in [0.1, 0.15) is 35.2 Å². The van der Waals surface area contributed by atoms with Gasteiger partial charge in [0.2, 0.25) is 0 Å². The molecule has 2 aromatic carbocycles. The Hall–Kier alpha value is -1.91. The van der Waals surface area contributed by atoms with E-state index in [9.17, 15) is 4.79 Å². The highest BCUT2D eigenvalue weighted by Crippen LogP contribution is 2.29. The lowest BCUT2D eigenvalue weighted by atomic mass is 10.1. The Bertz CT molecular complexity index is 716. The number of carbonyl (C=O) groups excluding carboxylic acids is 1. The highest BCUT2D eigenvalue weighted by Gasteiger charge is 2.16. The van der Waals surface area contributed by atoms with Crippen LogP contribution in [0, 0.1) is 6.92 Å². The molecule has 3 rings (SSSR count). The number of amides is 1. The highest BCUT2D eigenvalue weighted by atomic mass is 35.5. The minimum atomic E-state index is -0.112. The van der Waals surface area contributed by atoms with Gasteiger partial charge in [-0.25, -0.2) is 0 Å². The van der Waals surface area contributed by atoms with Gasteiger partial charge in [-0.15, -0.1) is 24.8 Å². The SMILES string of the molecule is Cc1ccc(N)cc1C(=O)Nc1ccccc1N1CCCCC1.Cl.Cl. The molecule has 0 aromatic heterocycles. The molecular weight excluding hydrogens is 357 g/mol. The molecular formula is C19H25Cl2N3O. The van der Waals surface area contributed by atoms with E-state index < -0.39 is 0 Å². The zero-order valence-corrected chi connectivity index (χ0v) is 16.0. The van der Waals surface area contributed by atoms with Crippen molar-refractivity contribution in [1.29, 1.82) is 0 Å². The van der Waals surface area contributed by atoms with E-state index in [1.807, 2.05) is 37.3 Å². The number of carbonyl (C=O) groups is 1. The fourth-order valence-corrected chi connectivity index (χ4v) is 3.06. The van der Waals surface area contributed by atoms with E-state index in [4.69, 9.17) is 5.73 Å². The summed E-state index contributed by atoms with van der Waals surface area (Å²) in [5, 5.41) is 3.06. The first-order valence-electron chi connectivity index (χ1n) is 8.16. The molecule has 3 N–H and O–H groups in total. The Morgan fingerprint density at radius 3 is 2.44 bits per heavy atom. The van der Waals surface area contributed by atoms with Crippen molar-refractivity contribution in [3.05, 3.63) is 53.6 Å². The number of halogens is 2. The van der Waals surface area contributed by atoms with Crippen LogP contribution in [0.15, 0.2) is 42.5 Å². The molecule has 25 heavy (non-hydrogen) atoms. The van der Waals surface area contributed by atoms with Crippen molar-refractivity contribution < 1.29 is 4.79 Å². The summed E-state index contributed by atoms with van der Waals surface area (Å²) in [5.74, 6) is -0.112. The van der Waals surface area contributed by atoms with E-state index in [0.29, 0.717) is 11.3 Å². The van der Waals surface area contributed by atoms with Crippen molar-refractivity contribution in [1.82, 2.24) is 0 Å². The molecule has 0 spiro atoms. The summed E-state index contributed by atoms with van der Waals surface area (Å²) >= 11 is 0. The zero-order valence-electron chi connectivity index (χ0n) is 14.3. The summed E-state index contributed by atoms with van der Waals surface area (Å²) in [6.45, 7) is 4.01. The second kappa shape index (κ2) is 9.54. The Morgan fingerprint density at radius 1 is 1.04 bits per heavy atom. The molecule has 2 aromatic rings. The molecule has 4 nitrogen and oxygen atoms in total. The topological polar surface area (TPSA) is 58.4 Å². The number of nitrogens with two attached hydrogens (primary N) is 1. The summed E-state index contributed by atoms with van der Waals surface area (Å²) in [7, 11) is 0. The minimum Gasteiger partial charge on any atom is -0.399 e.